The lowest BCUT2D eigenvalue weighted by molar-refractivity contribution is -0.126. The highest BCUT2D eigenvalue weighted by Crippen LogP contribution is 2.22. The van der Waals surface area contributed by atoms with Crippen LogP contribution in [-0.2, 0) is 16.0 Å². The molecule has 1 aliphatic rings. The van der Waals surface area contributed by atoms with E-state index in [0.717, 1.165) is 24.2 Å². The molecule has 1 amide bonds. The Kier molecular flexibility index (Phi) is 5.62. The first-order chi connectivity index (χ1) is 10.1. The molecule has 116 valence electrons. The Morgan fingerprint density at radius 2 is 2.19 bits per heavy atom. The molecule has 21 heavy (non-hydrogen) atoms. The molecule has 1 heterocycles. The first kappa shape index (κ1) is 15.8. The van der Waals surface area contributed by atoms with Crippen molar-refractivity contribution in [2.24, 2.45) is 11.8 Å². The maximum Gasteiger partial charge on any atom is 0.225 e. The lowest BCUT2D eigenvalue weighted by Gasteiger charge is -2.24. The maximum atomic E-state index is 12.3. The van der Waals surface area contributed by atoms with Crippen molar-refractivity contribution in [3.63, 3.8) is 0 Å². The second kappa shape index (κ2) is 7.46. The summed E-state index contributed by atoms with van der Waals surface area (Å²) >= 11 is 0. The Morgan fingerprint density at radius 1 is 1.43 bits per heavy atom. The van der Waals surface area contributed by atoms with Crippen LogP contribution < -0.4 is 10.1 Å². The van der Waals surface area contributed by atoms with E-state index >= 15 is 0 Å². The number of nitrogens with one attached hydrogen (secondary N) is 1. The molecule has 1 aromatic rings. The molecule has 0 aromatic heterocycles. The van der Waals surface area contributed by atoms with E-state index in [1.54, 1.807) is 7.11 Å². The van der Waals surface area contributed by atoms with Crippen molar-refractivity contribution in [1.82, 2.24) is 5.32 Å². The van der Waals surface area contributed by atoms with Crippen LogP contribution in [0.25, 0.3) is 0 Å². The van der Waals surface area contributed by atoms with Crippen LogP contribution in [0.2, 0.25) is 0 Å². The van der Waals surface area contributed by atoms with E-state index in [-0.39, 0.29) is 17.9 Å². The number of ether oxygens (including phenoxy) is 2. The Hall–Kier alpha value is -1.55. The molecule has 1 aromatic carbocycles. The van der Waals surface area contributed by atoms with Gasteiger partial charge in [-0.1, -0.05) is 32.0 Å². The minimum Gasteiger partial charge on any atom is -0.496 e. The third-order valence-electron chi connectivity index (χ3n) is 4.07. The number of carbonyl (C=O) groups excluding carboxylic acids is 1. The monoisotopic (exact) mass is 291 g/mol. The Bertz CT molecular complexity index is 467. The zero-order valence-electron chi connectivity index (χ0n) is 13.1. The fraction of sp³-hybridized carbons (Fsp3) is 0.588. The van der Waals surface area contributed by atoms with Gasteiger partial charge in [-0.3, -0.25) is 4.79 Å². The number of hydrogen-bond donors (Lipinski definition) is 1. The van der Waals surface area contributed by atoms with E-state index in [9.17, 15) is 4.79 Å². The fourth-order valence-corrected chi connectivity index (χ4v) is 2.60. The summed E-state index contributed by atoms with van der Waals surface area (Å²) in [4.78, 5) is 12.3. The summed E-state index contributed by atoms with van der Waals surface area (Å²) in [5, 5.41) is 3.18. The van der Waals surface area contributed by atoms with Crippen LogP contribution in [-0.4, -0.2) is 32.3 Å². The molecule has 0 spiro atoms. The molecular formula is C17H25NO3. The molecule has 0 saturated carbocycles. The molecule has 0 bridgehead atoms. The van der Waals surface area contributed by atoms with Gasteiger partial charge >= 0.3 is 0 Å². The van der Waals surface area contributed by atoms with Crippen molar-refractivity contribution in [3.8, 4) is 5.75 Å². The highest BCUT2D eigenvalue weighted by Gasteiger charge is 2.26. The van der Waals surface area contributed by atoms with Crippen molar-refractivity contribution >= 4 is 5.91 Å². The van der Waals surface area contributed by atoms with Crippen molar-refractivity contribution in [2.45, 2.75) is 32.7 Å². The molecule has 1 saturated heterocycles. The molecule has 0 aliphatic carbocycles. The van der Waals surface area contributed by atoms with Crippen LogP contribution in [0.15, 0.2) is 24.3 Å². The molecule has 1 N–H and O–H groups in total. The van der Waals surface area contributed by atoms with E-state index in [1.165, 1.54) is 0 Å². The van der Waals surface area contributed by atoms with Gasteiger partial charge in [-0.15, -0.1) is 0 Å². The normalized spacial score (nSPS) is 19.5. The molecule has 4 heteroatoms. The summed E-state index contributed by atoms with van der Waals surface area (Å²) in [5.74, 6) is 1.35. The van der Waals surface area contributed by atoms with Crippen LogP contribution in [0.4, 0.5) is 0 Å². The summed E-state index contributed by atoms with van der Waals surface area (Å²) in [6.07, 6.45) is 1.60. The second-order valence-corrected chi connectivity index (χ2v) is 5.94. The molecule has 0 radical (unpaired) electrons. The average molecular weight is 291 g/mol. The zero-order chi connectivity index (χ0) is 15.2. The van der Waals surface area contributed by atoms with Crippen LogP contribution in [0.5, 0.6) is 5.75 Å². The number of methoxy groups -OCH3 is 1. The van der Waals surface area contributed by atoms with Crippen LogP contribution in [0.3, 0.4) is 0 Å². The molecule has 2 rings (SSSR count). The number of carbonyl (C=O) groups is 1. The number of para-hydroxylation sites is 1. The van der Waals surface area contributed by atoms with Crippen molar-refractivity contribution in [3.05, 3.63) is 29.8 Å². The summed E-state index contributed by atoms with van der Waals surface area (Å²) in [5.41, 5.74) is 1.13. The van der Waals surface area contributed by atoms with E-state index in [1.807, 2.05) is 18.2 Å². The number of rotatable bonds is 6. The summed E-state index contributed by atoms with van der Waals surface area (Å²) < 4.78 is 10.7. The van der Waals surface area contributed by atoms with Gasteiger partial charge in [0.25, 0.3) is 0 Å². The molecule has 0 unspecified atom stereocenters. The first-order valence-electron chi connectivity index (χ1n) is 7.61. The first-order valence-corrected chi connectivity index (χ1v) is 7.61. The van der Waals surface area contributed by atoms with Crippen molar-refractivity contribution < 1.29 is 14.3 Å². The van der Waals surface area contributed by atoms with Gasteiger partial charge in [0.2, 0.25) is 5.91 Å². The Balaban J connectivity index is 2.03. The van der Waals surface area contributed by atoms with Crippen molar-refractivity contribution in [1.29, 1.82) is 0 Å². The van der Waals surface area contributed by atoms with Gasteiger partial charge in [-0.05, 0) is 30.4 Å². The van der Waals surface area contributed by atoms with Gasteiger partial charge in [-0.25, -0.2) is 0 Å². The molecule has 1 fully saturated rings. The molecule has 1 aliphatic heterocycles. The van der Waals surface area contributed by atoms with Gasteiger partial charge < -0.3 is 14.8 Å². The minimum absolute atomic E-state index is 0.00363. The largest absolute Gasteiger partial charge is 0.496 e. The minimum atomic E-state index is 0.00363. The van der Waals surface area contributed by atoms with Crippen LogP contribution in [0, 0.1) is 11.8 Å². The molecule has 4 nitrogen and oxygen atoms in total. The second-order valence-electron chi connectivity index (χ2n) is 5.94. The SMILES string of the molecule is COc1ccccc1C[C@@H](NC(=O)[C@@H]1CCOC1)C(C)C. The van der Waals surface area contributed by atoms with Crippen LogP contribution in [0.1, 0.15) is 25.8 Å². The summed E-state index contributed by atoms with van der Waals surface area (Å²) in [7, 11) is 1.68. The van der Waals surface area contributed by atoms with E-state index < -0.39 is 0 Å². The zero-order valence-corrected chi connectivity index (χ0v) is 13.1. The Labute approximate surface area is 126 Å². The standard InChI is InChI=1S/C17H25NO3/c1-12(2)15(18-17(19)14-8-9-21-11-14)10-13-6-4-5-7-16(13)20-3/h4-7,12,14-15H,8-11H2,1-3H3,(H,18,19)/t14-,15-/m1/s1. The fourth-order valence-electron chi connectivity index (χ4n) is 2.60. The van der Waals surface area contributed by atoms with Crippen molar-refractivity contribution in [2.75, 3.05) is 20.3 Å². The van der Waals surface area contributed by atoms with E-state index in [4.69, 9.17) is 9.47 Å². The van der Waals surface area contributed by atoms with Gasteiger partial charge in [0.15, 0.2) is 0 Å². The van der Waals surface area contributed by atoms with Gasteiger partial charge in [0, 0.05) is 12.6 Å². The number of hydrogen-bond acceptors (Lipinski definition) is 3. The van der Waals surface area contributed by atoms with E-state index in [2.05, 4.69) is 25.2 Å². The lowest BCUT2D eigenvalue weighted by Crippen LogP contribution is -2.43. The smallest absolute Gasteiger partial charge is 0.225 e. The topological polar surface area (TPSA) is 47.6 Å². The number of amides is 1. The predicted octanol–water partition coefficient (Wildman–Crippen LogP) is 2.42. The number of benzene rings is 1. The van der Waals surface area contributed by atoms with Gasteiger partial charge in [-0.2, -0.15) is 0 Å². The molecular weight excluding hydrogens is 266 g/mol. The maximum absolute atomic E-state index is 12.3. The highest BCUT2D eigenvalue weighted by atomic mass is 16.5. The summed E-state index contributed by atoms with van der Waals surface area (Å²) in [6.45, 7) is 5.50. The van der Waals surface area contributed by atoms with Gasteiger partial charge in [0.1, 0.15) is 5.75 Å². The van der Waals surface area contributed by atoms with Crippen LogP contribution >= 0.6 is 0 Å². The third kappa shape index (κ3) is 4.21. The summed E-state index contributed by atoms with van der Waals surface area (Å²) in [6, 6.07) is 8.08. The quantitative estimate of drug-likeness (QED) is 0.875. The molecule has 2 atom stereocenters. The Morgan fingerprint density at radius 3 is 2.81 bits per heavy atom. The average Bonchev–Trinajstić information content (AvgIpc) is 3.01. The van der Waals surface area contributed by atoms with Gasteiger partial charge in [0.05, 0.1) is 19.6 Å². The predicted molar refractivity (Wildman–Crippen MR) is 82.4 cm³/mol. The lowest BCUT2D eigenvalue weighted by atomic mass is 9.95. The third-order valence-corrected chi connectivity index (χ3v) is 4.07. The van der Waals surface area contributed by atoms with E-state index in [0.29, 0.717) is 19.1 Å². The highest BCUT2D eigenvalue weighted by molar-refractivity contribution is 5.79.